The number of benzene rings is 3. The zero-order valence-electron chi connectivity index (χ0n) is 22.2. The molecule has 3 aromatic carbocycles. The lowest BCUT2D eigenvalue weighted by atomic mass is 10.0. The summed E-state index contributed by atoms with van der Waals surface area (Å²) in [6.45, 7) is 11.2. The lowest BCUT2D eigenvalue weighted by Gasteiger charge is -2.32. The molecule has 0 saturated carbocycles. The molecule has 0 radical (unpaired) electrons. The average molecular weight is 502 g/mol. The van der Waals surface area contributed by atoms with Gasteiger partial charge in [-0.2, -0.15) is 0 Å². The maximum Gasteiger partial charge on any atom is 0.350 e. The molecule has 0 bridgehead atoms. The van der Waals surface area contributed by atoms with Crippen molar-refractivity contribution in [1.29, 1.82) is 0 Å². The highest BCUT2D eigenvalue weighted by Gasteiger charge is 2.35. The fourth-order valence-electron chi connectivity index (χ4n) is 4.20. The third-order valence-electron chi connectivity index (χ3n) is 6.59. The van der Waals surface area contributed by atoms with E-state index in [0.29, 0.717) is 25.4 Å². The normalized spacial score (nSPS) is 14.1. The van der Waals surface area contributed by atoms with Crippen LogP contribution in [0.15, 0.2) is 72.8 Å². The van der Waals surface area contributed by atoms with Gasteiger partial charge in [-0.25, -0.2) is 4.79 Å². The van der Waals surface area contributed by atoms with E-state index in [4.69, 9.17) is 18.9 Å². The Hall–Kier alpha value is -3.93. The van der Waals surface area contributed by atoms with Gasteiger partial charge < -0.3 is 23.8 Å². The first-order valence-electron chi connectivity index (χ1n) is 12.8. The van der Waals surface area contributed by atoms with E-state index in [2.05, 4.69) is 43.0 Å². The van der Waals surface area contributed by atoms with Gasteiger partial charge in [0.15, 0.2) is 11.5 Å². The summed E-state index contributed by atoms with van der Waals surface area (Å²) in [5.74, 6) is 2.69. The van der Waals surface area contributed by atoms with E-state index in [9.17, 15) is 4.79 Å². The molecule has 0 aromatic heterocycles. The van der Waals surface area contributed by atoms with E-state index in [1.165, 1.54) is 0 Å². The highest BCUT2D eigenvalue weighted by atomic mass is 16.6. The maximum absolute atomic E-state index is 12.3. The number of nitrogens with zero attached hydrogens (tertiary/aromatic N) is 1. The van der Waals surface area contributed by atoms with Gasteiger partial charge in [0.1, 0.15) is 18.1 Å². The van der Waals surface area contributed by atoms with Gasteiger partial charge in [-0.3, -0.25) is 0 Å². The Morgan fingerprint density at radius 2 is 1.65 bits per heavy atom. The number of anilines is 2. The first kappa shape index (κ1) is 26.1. The minimum Gasteiger partial charge on any atom is -0.490 e. The number of para-hydroxylation sites is 2. The molecule has 1 aliphatic rings. The Kier molecular flexibility index (Phi) is 8.07. The highest BCUT2D eigenvalue weighted by Crippen LogP contribution is 2.47. The minimum atomic E-state index is -1.02. The van der Waals surface area contributed by atoms with E-state index >= 15 is 0 Å². The number of ether oxygens (including phenoxy) is 4. The standard InChI is InChI=1S/C31H35NO5/c1-6-31(5,30(33)34-8-3)37-25-16-14-24(15-17-25)35-20-19-22(4)23-13-18-29-27(21-23)32(7-2)26-11-9-10-12-28(26)36-29/h9-19,21H,6-8,20H2,1-5H3. The van der Waals surface area contributed by atoms with Crippen LogP contribution in [0.5, 0.6) is 23.0 Å². The third kappa shape index (κ3) is 5.74. The van der Waals surface area contributed by atoms with E-state index in [0.717, 1.165) is 46.3 Å². The third-order valence-corrected chi connectivity index (χ3v) is 6.59. The topological polar surface area (TPSA) is 57.2 Å². The number of fused-ring (bicyclic) bond motifs is 2. The van der Waals surface area contributed by atoms with Crippen molar-refractivity contribution in [2.75, 3.05) is 24.7 Å². The van der Waals surface area contributed by atoms with Crippen molar-refractivity contribution >= 4 is 22.9 Å². The van der Waals surface area contributed by atoms with Crippen LogP contribution in [0.4, 0.5) is 11.4 Å². The molecule has 194 valence electrons. The summed E-state index contributed by atoms with van der Waals surface area (Å²) in [6.07, 6.45) is 2.57. The second-order valence-corrected chi connectivity index (χ2v) is 9.07. The van der Waals surface area contributed by atoms with Crippen LogP contribution in [-0.4, -0.2) is 31.3 Å². The fraction of sp³-hybridized carbons (Fsp3) is 0.323. The fourth-order valence-corrected chi connectivity index (χ4v) is 4.20. The number of esters is 1. The Labute approximate surface area is 219 Å². The van der Waals surface area contributed by atoms with Crippen molar-refractivity contribution in [3.05, 3.63) is 78.4 Å². The molecular weight excluding hydrogens is 466 g/mol. The Morgan fingerprint density at radius 1 is 0.946 bits per heavy atom. The molecule has 0 amide bonds. The number of rotatable bonds is 10. The minimum absolute atomic E-state index is 0.321. The zero-order chi connectivity index (χ0) is 26.4. The first-order valence-corrected chi connectivity index (χ1v) is 12.8. The van der Waals surface area contributed by atoms with Gasteiger partial charge >= 0.3 is 5.97 Å². The summed E-state index contributed by atoms with van der Waals surface area (Å²) in [7, 11) is 0. The second-order valence-electron chi connectivity index (χ2n) is 9.07. The van der Waals surface area contributed by atoms with E-state index < -0.39 is 5.60 Å². The molecule has 1 unspecified atom stereocenters. The molecule has 3 aromatic rings. The SMILES string of the molecule is CCOC(=O)C(C)(CC)Oc1ccc(OCC=C(C)c2ccc3c(c2)N(CC)c2ccccc2O3)cc1. The molecular formula is C31H35NO5. The molecule has 37 heavy (non-hydrogen) atoms. The smallest absolute Gasteiger partial charge is 0.350 e. The largest absolute Gasteiger partial charge is 0.490 e. The zero-order valence-corrected chi connectivity index (χ0v) is 22.2. The van der Waals surface area contributed by atoms with Crippen LogP contribution >= 0.6 is 0 Å². The Balaban J connectivity index is 1.40. The van der Waals surface area contributed by atoms with Gasteiger partial charge in [-0.15, -0.1) is 0 Å². The lowest BCUT2D eigenvalue weighted by molar-refractivity contribution is -0.160. The van der Waals surface area contributed by atoms with E-state index in [-0.39, 0.29) is 5.97 Å². The number of hydrogen-bond acceptors (Lipinski definition) is 6. The van der Waals surface area contributed by atoms with Crippen molar-refractivity contribution in [3.8, 4) is 23.0 Å². The van der Waals surface area contributed by atoms with Crippen LogP contribution in [-0.2, 0) is 9.53 Å². The molecule has 0 aliphatic carbocycles. The summed E-state index contributed by atoms with van der Waals surface area (Å²) in [4.78, 5) is 14.5. The quantitative estimate of drug-likeness (QED) is 0.267. The number of carbonyl (C=O) groups is 1. The molecule has 0 N–H and O–H groups in total. The van der Waals surface area contributed by atoms with Crippen molar-refractivity contribution in [1.82, 2.24) is 0 Å². The predicted molar refractivity (Wildman–Crippen MR) is 147 cm³/mol. The molecule has 0 fully saturated rings. The monoisotopic (exact) mass is 501 g/mol. The van der Waals surface area contributed by atoms with Crippen molar-refractivity contribution in [3.63, 3.8) is 0 Å². The average Bonchev–Trinajstić information content (AvgIpc) is 2.92. The molecule has 0 saturated heterocycles. The summed E-state index contributed by atoms with van der Waals surface area (Å²) in [5.41, 5.74) is 3.35. The van der Waals surface area contributed by atoms with Crippen LogP contribution in [0.1, 0.15) is 46.6 Å². The molecule has 4 rings (SSSR count). The summed E-state index contributed by atoms with van der Waals surface area (Å²) >= 11 is 0. The van der Waals surface area contributed by atoms with Crippen molar-refractivity contribution in [2.45, 2.75) is 46.6 Å². The van der Waals surface area contributed by atoms with E-state index in [1.54, 1.807) is 26.0 Å². The second kappa shape index (κ2) is 11.4. The lowest BCUT2D eigenvalue weighted by Crippen LogP contribution is -2.42. The van der Waals surface area contributed by atoms with Gasteiger partial charge in [0.05, 0.1) is 18.0 Å². The summed E-state index contributed by atoms with van der Waals surface area (Å²) < 4.78 is 23.2. The molecule has 6 nitrogen and oxygen atoms in total. The van der Waals surface area contributed by atoms with Crippen LogP contribution < -0.4 is 19.1 Å². The number of carbonyl (C=O) groups excluding carboxylic acids is 1. The molecule has 6 heteroatoms. The molecule has 1 aliphatic heterocycles. The first-order chi connectivity index (χ1) is 17.9. The summed E-state index contributed by atoms with van der Waals surface area (Å²) in [6, 6.07) is 21.7. The number of hydrogen-bond donors (Lipinski definition) is 0. The van der Waals surface area contributed by atoms with Gasteiger partial charge in [0.2, 0.25) is 5.60 Å². The van der Waals surface area contributed by atoms with Gasteiger partial charge in [0.25, 0.3) is 0 Å². The van der Waals surface area contributed by atoms with Crippen molar-refractivity contribution < 1.29 is 23.7 Å². The van der Waals surface area contributed by atoms with Crippen molar-refractivity contribution in [2.24, 2.45) is 0 Å². The Bertz CT molecular complexity index is 1270. The van der Waals surface area contributed by atoms with Gasteiger partial charge in [-0.05, 0) is 99.9 Å². The summed E-state index contributed by atoms with van der Waals surface area (Å²) in [5, 5.41) is 0. The maximum atomic E-state index is 12.3. The molecule has 0 spiro atoms. The van der Waals surface area contributed by atoms with Crippen LogP contribution in [0.2, 0.25) is 0 Å². The van der Waals surface area contributed by atoms with Crippen LogP contribution in [0, 0.1) is 0 Å². The molecule has 1 atom stereocenters. The Morgan fingerprint density at radius 3 is 2.35 bits per heavy atom. The van der Waals surface area contributed by atoms with E-state index in [1.807, 2.05) is 43.3 Å². The highest BCUT2D eigenvalue weighted by molar-refractivity contribution is 5.81. The predicted octanol–water partition coefficient (Wildman–Crippen LogP) is 7.54. The van der Waals surface area contributed by atoms with Gasteiger partial charge in [-0.1, -0.05) is 25.1 Å². The molecule has 1 heterocycles. The van der Waals surface area contributed by atoms with Crippen LogP contribution in [0.25, 0.3) is 5.57 Å². The van der Waals surface area contributed by atoms with Crippen LogP contribution in [0.3, 0.4) is 0 Å². The number of allylic oxidation sites excluding steroid dienone is 1. The van der Waals surface area contributed by atoms with Gasteiger partial charge in [0, 0.05) is 6.54 Å².